The zero-order chi connectivity index (χ0) is 0. The predicted octanol–water partition coefficient (Wildman–Crippen LogP) is -8.57. The van der Waals surface area contributed by atoms with Crippen molar-refractivity contribution in [1.29, 1.82) is 0 Å². The fourth-order valence-corrected chi connectivity index (χ4v) is 0. The van der Waals surface area contributed by atoms with Crippen molar-refractivity contribution in [2.75, 3.05) is 0 Å². The van der Waals surface area contributed by atoms with E-state index in [-0.39, 0.29) is 86.9 Å². The summed E-state index contributed by atoms with van der Waals surface area (Å²) in [5.74, 6) is 0. The molecule has 1 radical (unpaired) electrons. The smallest absolute Gasteiger partial charge is 1.00 e. The first kappa shape index (κ1) is 52.5. The van der Waals surface area contributed by atoms with Crippen LogP contribution in [0.5, 0.6) is 0 Å². The second-order valence-corrected chi connectivity index (χ2v) is 0. The first-order chi connectivity index (χ1) is 0. The molecule has 0 saturated carbocycles. The van der Waals surface area contributed by atoms with E-state index in [1.807, 2.05) is 0 Å². The Labute approximate surface area is 85.7 Å². The van der Waals surface area contributed by atoms with Gasteiger partial charge in [-0.1, -0.05) is 0 Å². The third-order valence-electron chi connectivity index (χ3n) is 0. The molecule has 0 aliphatic carbocycles. The number of hydrogen-bond donors (Lipinski definition) is 0. The summed E-state index contributed by atoms with van der Waals surface area (Å²) in [6.07, 6.45) is 0. The average molecular weight is 310 g/mol. The molecule has 5 heavy (non-hydrogen) atoms. The van der Waals surface area contributed by atoms with Gasteiger partial charge in [0.2, 0.25) is 0 Å². The fraction of sp³-hybridized carbons (Fsp3) is 0. The van der Waals surface area contributed by atoms with Crippen LogP contribution < -0.4 is 37.2 Å². The Balaban J connectivity index is 0. The van der Waals surface area contributed by atoms with Crippen LogP contribution in [-0.2, 0) is 0 Å². The van der Waals surface area contributed by atoms with Gasteiger partial charge in [0.1, 0.15) is 0 Å². The van der Waals surface area contributed by atoms with Crippen LogP contribution in [0, 0.1) is 37.3 Å². The largest absolute Gasteiger partial charge is 3.00 e. The van der Waals surface area contributed by atoms with Crippen molar-refractivity contribution in [2.24, 2.45) is 0 Å². The van der Waals surface area contributed by atoms with E-state index in [2.05, 4.69) is 0 Å². The van der Waals surface area contributed by atoms with E-state index in [1.54, 1.807) is 0 Å². The van der Waals surface area contributed by atoms with E-state index in [0.717, 1.165) is 0 Å². The van der Waals surface area contributed by atoms with Crippen molar-refractivity contribution in [1.82, 2.24) is 0 Å². The maximum atomic E-state index is 0. The van der Waals surface area contributed by atoms with E-state index in [1.165, 1.54) is 0 Å². The van der Waals surface area contributed by atoms with Gasteiger partial charge in [0, 0.05) is 0 Å². The second-order valence-electron chi connectivity index (χ2n) is 0. The van der Waals surface area contributed by atoms with Crippen molar-refractivity contribution in [3.05, 3.63) is 0 Å². The molecule has 0 rings (SSSR count). The van der Waals surface area contributed by atoms with E-state index in [9.17, 15) is 0 Å². The standard InChI is InChI=1S/4ClH.Er/h4*1H;/q;;;;+3/p-3. The fourth-order valence-electron chi connectivity index (χ4n) is 0. The van der Waals surface area contributed by atoms with E-state index in [4.69, 9.17) is 0 Å². The Morgan fingerprint density at radius 2 is 0.600 bits per heavy atom. The van der Waals surface area contributed by atoms with Crippen LogP contribution in [0.15, 0.2) is 0 Å². The molecule has 0 aromatic rings. The maximum Gasteiger partial charge on any atom is 3.00 e. The first-order valence-corrected chi connectivity index (χ1v) is 0. The van der Waals surface area contributed by atoms with Gasteiger partial charge >= 0.3 is 37.3 Å². The van der Waals surface area contributed by atoms with Crippen LogP contribution >= 0.6 is 12.4 Å². The Kier molecular flexibility index (Phi) is 339. The first-order valence-electron chi connectivity index (χ1n) is 0. The molecule has 0 N–H and O–H groups in total. The second kappa shape index (κ2) is 32.3. The molecule has 5 heteroatoms. The molecular formula is HCl4Er. The molecule has 0 heterocycles. The van der Waals surface area contributed by atoms with Gasteiger partial charge in [-0.25, -0.2) is 0 Å². The quantitative estimate of drug-likeness (QED) is 0.417. The van der Waals surface area contributed by atoms with Gasteiger partial charge in [-0.3, -0.25) is 0 Å². The van der Waals surface area contributed by atoms with Crippen LogP contribution in [0.25, 0.3) is 0 Å². The summed E-state index contributed by atoms with van der Waals surface area (Å²) in [7, 11) is 0. The molecule has 0 aliphatic heterocycles. The SMILES string of the molecule is Cl.[Cl-].[Cl-].[Cl-].[Er+3]. The molecule has 0 amide bonds. The van der Waals surface area contributed by atoms with E-state index < -0.39 is 0 Å². The molecule has 0 bridgehead atoms. The van der Waals surface area contributed by atoms with Crippen molar-refractivity contribution in [2.45, 2.75) is 0 Å². The van der Waals surface area contributed by atoms with Crippen molar-refractivity contribution < 1.29 is 74.5 Å². The zero-order valence-corrected chi connectivity index (χ0v) is 6.77. The third-order valence-corrected chi connectivity index (χ3v) is 0. The molecule has 0 aliphatic rings. The monoisotopic (exact) mass is 307 g/mol. The number of halogens is 4. The average Bonchev–Trinajstić information content (AvgIpc) is 0. The minimum Gasteiger partial charge on any atom is -1.00 e. The minimum atomic E-state index is 0. The van der Waals surface area contributed by atoms with E-state index in [0.29, 0.717) is 0 Å². The molecule has 0 atom stereocenters. The van der Waals surface area contributed by atoms with Gasteiger partial charge in [-0.2, -0.15) is 0 Å². The minimum absolute atomic E-state index is 0. The Morgan fingerprint density at radius 1 is 0.600 bits per heavy atom. The number of hydrogen-bond acceptors (Lipinski definition) is 0. The van der Waals surface area contributed by atoms with Crippen LogP contribution in [0.1, 0.15) is 0 Å². The van der Waals surface area contributed by atoms with Gasteiger partial charge in [0.05, 0.1) is 0 Å². The molecule has 0 saturated heterocycles. The van der Waals surface area contributed by atoms with Gasteiger partial charge < -0.3 is 37.2 Å². The molecular weight excluding hydrogens is 309 g/mol. The van der Waals surface area contributed by atoms with Crippen molar-refractivity contribution in [3.63, 3.8) is 0 Å². The summed E-state index contributed by atoms with van der Waals surface area (Å²) in [6, 6.07) is 0. The zero-order valence-electron chi connectivity index (χ0n) is 1.83. The van der Waals surface area contributed by atoms with Gasteiger partial charge in [0.15, 0.2) is 0 Å². The van der Waals surface area contributed by atoms with Gasteiger partial charge in [-0.05, 0) is 0 Å². The van der Waals surface area contributed by atoms with Gasteiger partial charge in [-0.15, -0.1) is 12.4 Å². The van der Waals surface area contributed by atoms with Crippen molar-refractivity contribution >= 4 is 12.4 Å². The molecule has 0 spiro atoms. The topological polar surface area (TPSA) is 0 Å². The molecule has 0 nitrogen and oxygen atoms in total. The predicted molar refractivity (Wildman–Crippen MR) is 7.25 cm³/mol. The molecule has 0 aromatic carbocycles. The Bertz CT molecular complexity index is 3.61. The van der Waals surface area contributed by atoms with Crippen molar-refractivity contribution in [3.8, 4) is 0 Å². The normalized spacial score (nSPS) is 0. The molecule has 41 valence electrons. The molecule has 0 unspecified atom stereocenters. The summed E-state index contributed by atoms with van der Waals surface area (Å²) in [6.45, 7) is 0. The summed E-state index contributed by atoms with van der Waals surface area (Å²) in [5.41, 5.74) is 0. The number of rotatable bonds is 0. The van der Waals surface area contributed by atoms with Crippen LogP contribution in [-0.4, -0.2) is 0 Å². The van der Waals surface area contributed by atoms with Crippen LogP contribution in [0.3, 0.4) is 0 Å². The third kappa shape index (κ3) is 21.5. The summed E-state index contributed by atoms with van der Waals surface area (Å²) < 4.78 is 0. The Morgan fingerprint density at radius 3 is 0.600 bits per heavy atom. The summed E-state index contributed by atoms with van der Waals surface area (Å²) in [5, 5.41) is 0. The van der Waals surface area contributed by atoms with E-state index >= 15 is 0 Å². The van der Waals surface area contributed by atoms with Gasteiger partial charge in [0.25, 0.3) is 0 Å². The summed E-state index contributed by atoms with van der Waals surface area (Å²) in [4.78, 5) is 0. The van der Waals surface area contributed by atoms with Crippen LogP contribution in [0.2, 0.25) is 0 Å². The molecule has 0 aromatic heterocycles. The Hall–Kier alpha value is 2.41. The summed E-state index contributed by atoms with van der Waals surface area (Å²) >= 11 is 0. The molecule has 0 fully saturated rings. The van der Waals surface area contributed by atoms with Crippen LogP contribution in [0.4, 0.5) is 0 Å². The maximum absolute atomic E-state index is 0.